The smallest absolute Gasteiger partial charge is 0.372 e. The topological polar surface area (TPSA) is 145 Å². The molecule has 0 aliphatic carbocycles. The third-order valence-electron chi connectivity index (χ3n) is 1.44. The molecule has 0 heterocycles. The van der Waals surface area contributed by atoms with E-state index in [0.717, 1.165) is 0 Å². The molecule has 0 saturated heterocycles. The van der Waals surface area contributed by atoms with Gasteiger partial charge in [0.15, 0.2) is 0 Å². The fraction of sp³-hybridized carbons (Fsp3) is 1.00. The van der Waals surface area contributed by atoms with E-state index < -0.39 is 26.9 Å². The van der Waals surface area contributed by atoms with Crippen LogP contribution in [0.15, 0.2) is 0 Å². The third kappa shape index (κ3) is 2.18. The molecule has 0 unspecified atom stereocenters. The third-order valence-corrected chi connectivity index (χ3v) is 5.48. The van der Waals surface area contributed by atoms with Crippen LogP contribution < -0.4 is 0 Å². The van der Waals surface area contributed by atoms with Gasteiger partial charge in [-0.25, -0.2) is 0 Å². The van der Waals surface area contributed by atoms with E-state index in [9.17, 15) is 9.13 Å². The average Bonchev–Trinajstić information content (AvgIpc) is 1.84. The highest BCUT2D eigenvalue weighted by Crippen LogP contribution is 2.68. The minimum Gasteiger partial charge on any atom is -0.392 e. The van der Waals surface area contributed by atoms with Gasteiger partial charge >= 0.3 is 15.2 Å². The van der Waals surface area contributed by atoms with Crippen molar-refractivity contribution >= 4 is 15.2 Å². The lowest BCUT2D eigenvalue weighted by molar-refractivity contribution is 0.0329. The van der Waals surface area contributed by atoms with Crippen molar-refractivity contribution in [3.8, 4) is 0 Å². The molecule has 0 saturated carbocycles. The van der Waals surface area contributed by atoms with E-state index in [2.05, 4.69) is 4.74 Å². The zero-order valence-corrected chi connectivity index (χ0v) is 8.35. The summed E-state index contributed by atoms with van der Waals surface area (Å²) in [6.07, 6.45) is 0. The van der Waals surface area contributed by atoms with E-state index in [1.165, 1.54) is 0 Å². The molecule has 0 aliphatic rings. The molecule has 0 aromatic heterocycles. The maximum atomic E-state index is 10.7. The fourth-order valence-electron chi connectivity index (χ4n) is 0.656. The van der Waals surface area contributed by atoms with Gasteiger partial charge in [-0.2, -0.15) is 0 Å². The zero-order chi connectivity index (χ0) is 10.9. The Morgan fingerprint density at radius 3 is 1.46 bits per heavy atom. The number of aliphatic hydroxyl groups is 1. The summed E-state index contributed by atoms with van der Waals surface area (Å²) in [6, 6.07) is 0. The van der Waals surface area contributed by atoms with E-state index in [1.54, 1.807) is 0 Å². The average molecular weight is 236 g/mol. The summed E-state index contributed by atoms with van der Waals surface area (Å²) in [7, 11) is -9.84. The van der Waals surface area contributed by atoms with Gasteiger partial charge in [-0.05, 0) is 0 Å². The SMILES string of the molecule is COC(CO)(P(=O)(O)O)P(=O)(O)O. The molecule has 0 amide bonds. The second kappa shape index (κ2) is 3.76. The Balaban J connectivity index is 5.45. The normalized spacial score (nSPS) is 14.6. The standard InChI is InChI=1S/C3H10O8P2/c1-11-3(2-4,12(5,6)7)13(8,9)10/h4H,2H2,1H3,(H2,5,6,7)(H2,8,9,10). The maximum Gasteiger partial charge on any atom is 0.372 e. The number of methoxy groups -OCH3 is 1. The highest BCUT2D eigenvalue weighted by atomic mass is 31.2. The van der Waals surface area contributed by atoms with Gasteiger partial charge in [0.1, 0.15) is 0 Å². The summed E-state index contributed by atoms with van der Waals surface area (Å²) in [5, 5.41) is 5.39. The van der Waals surface area contributed by atoms with Crippen LogP contribution in [0.3, 0.4) is 0 Å². The lowest BCUT2D eigenvalue weighted by Crippen LogP contribution is -2.35. The van der Waals surface area contributed by atoms with Crippen LogP contribution in [0.4, 0.5) is 0 Å². The molecule has 0 aromatic carbocycles. The van der Waals surface area contributed by atoms with Crippen molar-refractivity contribution in [2.24, 2.45) is 0 Å². The van der Waals surface area contributed by atoms with Gasteiger partial charge in [0.2, 0.25) is 0 Å². The quantitative estimate of drug-likeness (QED) is 0.376. The second-order valence-corrected chi connectivity index (χ2v) is 6.17. The molecule has 0 fully saturated rings. The summed E-state index contributed by atoms with van der Waals surface area (Å²) in [6.45, 7) is -1.47. The van der Waals surface area contributed by atoms with Gasteiger partial charge in [0, 0.05) is 7.11 Å². The van der Waals surface area contributed by atoms with E-state index in [0.29, 0.717) is 7.11 Å². The van der Waals surface area contributed by atoms with E-state index in [1.807, 2.05) is 0 Å². The highest BCUT2D eigenvalue weighted by Gasteiger charge is 2.61. The number of ether oxygens (including phenoxy) is 1. The van der Waals surface area contributed by atoms with Crippen molar-refractivity contribution in [3.05, 3.63) is 0 Å². The molecule has 0 bridgehead atoms. The summed E-state index contributed by atoms with van der Waals surface area (Å²) in [5.74, 6) is 0. The molecule has 80 valence electrons. The monoisotopic (exact) mass is 236 g/mol. The summed E-state index contributed by atoms with van der Waals surface area (Å²) in [4.78, 5) is 34.4. The van der Waals surface area contributed by atoms with Crippen molar-refractivity contribution in [1.82, 2.24) is 0 Å². The Hall–Kier alpha value is 0.220. The Morgan fingerprint density at radius 2 is 1.46 bits per heavy atom. The molecule has 0 aromatic rings. The molecule has 13 heavy (non-hydrogen) atoms. The van der Waals surface area contributed by atoms with Gasteiger partial charge in [-0.15, -0.1) is 0 Å². The van der Waals surface area contributed by atoms with Crippen LogP contribution in [-0.4, -0.2) is 43.5 Å². The molecule has 8 nitrogen and oxygen atoms in total. The summed E-state index contributed by atoms with van der Waals surface area (Å²) < 4.78 is 25.4. The Morgan fingerprint density at radius 1 is 1.15 bits per heavy atom. The van der Waals surface area contributed by atoms with Crippen LogP contribution in [0.1, 0.15) is 0 Å². The molecule has 0 radical (unpaired) electrons. The first kappa shape index (κ1) is 13.2. The minimum absolute atomic E-state index is 0.689. The molecule has 0 atom stereocenters. The molecule has 0 aliphatic heterocycles. The number of hydrogen-bond donors (Lipinski definition) is 5. The Labute approximate surface area is 73.5 Å². The molecule has 5 N–H and O–H groups in total. The van der Waals surface area contributed by atoms with Gasteiger partial charge in [-0.3, -0.25) is 9.13 Å². The van der Waals surface area contributed by atoms with Gasteiger partial charge < -0.3 is 29.4 Å². The predicted octanol–water partition coefficient (Wildman–Crippen LogP) is -1.37. The van der Waals surface area contributed by atoms with Gasteiger partial charge in [0.05, 0.1) is 6.61 Å². The molecule has 0 spiro atoms. The van der Waals surface area contributed by atoms with Crippen molar-refractivity contribution < 1.29 is 38.5 Å². The van der Waals surface area contributed by atoms with Crippen molar-refractivity contribution in [1.29, 1.82) is 0 Å². The molecule has 0 rings (SSSR count). The minimum atomic E-state index is -5.26. The Bertz CT molecular complexity index is 233. The lowest BCUT2D eigenvalue weighted by atomic mass is 10.8. The number of rotatable bonds is 4. The van der Waals surface area contributed by atoms with E-state index in [-0.39, 0.29) is 0 Å². The van der Waals surface area contributed by atoms with E-state index in [4.69, 9.17) is 24.7 Å². The first-order valence-corrected chi connectivity index (χ1v) is 6.12. The van der Waals surface area contributed by atoms with Crippen molar-refractivity contribution in [3.63, 3.8) is 0 Å². The first-order valence-electron chi connectivity index (χ1n) is 2.89. The Kier molecular flexibility index (Phi) is 3.83. The van der Waals surface area contributed by atoms with Crippen LogP contribution in [0.2, 0.25) is 0 Å². The zero-order valence-electron chi connectivity index (χ0n) is 6.56. The van der Waals surface area contributed by atoms with Gasteiger partial charge in [0.25, 0.3) is 5.08 Å². The van der Waals surface area contributed by atoms with Crippen molar-refractivity contribution in [2.45, 2.75) is 5.08 Å². The summed E-state index contributed by atoms with van der Waals surface area (Å²) in [5.41, 5.74) is 0. The highest BCUT2D eigenvalue weighted by molar-refractivity contribution is 7.72. The fourth-order valence-corrected chi connectivity index (χ4v) is 2.86. The maximum absolute atomic E-state index is 10.7. The van der Waals surface area contributed by atoms with Crippen LogP contribution in [-0.2, 0) is 13.9 Å². The van der Waals surface area contributed by atoms with E-state index >= 15 is 0 Å². The first-order chi connectivity index (χ1) is 5.62. The largest absolute Gasteiger partial charge is 0.392 e. The number of hydrogen-bond acceptors (Lipinski definition) is 4. The summed E-state index contributed by atoms with van der Waals surface area (Å²) >= 11 is 0. The second-order valence-electron chi connectivity index (χ2n) is 2.19. The number of aliphatic hydroxyl groups excluding tert-OH is 1. The van der Waals surface area contributed by atoms with Crippen LogP contribution in [0, 0.1) is 0 Å². The molecule has 10 heteroatoms. The van der Waals surface area contributed by atoms with Gasteiger partial charge in [-0.1, -0.05) is 0 Å². The van der Waals surface area contributed by atoms with Crippen LogP contribution >= 0.6 is 15.2 Å². The van der Waals surface area contributed by atoms with Crippen LogP contribution in [0.5, 0.6) is 0 Å². The van der Waals surface area contributed by atoms with Crippen molar-refractivity contribution in [2.75, 3.05) is 13.7 Å². The predicted molar refractivity (Wildman–Crippen MR) is 40.9 cm³/mol. The van der Waals surface area contributed by atoms with Crippen LogP contribution in [0.25, 0.3) is 0 Å². The molecular weight excluding hydrogens is 226 g/mol. The molecular formula is C3H10O8P2. The lowest BCUT2D eigenvalue weighted by Gasteiger charge is -2.30.